The molecule has 4 N–H and O–H groups in total. The normalized spacial score (nSPS) is 26.6. The van der Waals surface area contributed by atoms with E-state index in [2.05, 4.69) is 22.2 Å². The SMILES string of the molecule is CCCSc1nc(C)c(N)c(N[C@@H]2C[C@H](OCC(=O)OCCO)[C@H]3OC(C)(C)O[C@H]32)n1. The molecule has 174 valence electrons. The average Bonchev–Trinajstić information content (AvgIpc) is 3.20. The minimum Gasteiger partial charge on any atom is -0.462 e. The van der Waals surface area contributed by atoms with Gasteiger partial charge in [-0.2, -0.15) is 0 Å². The number of nitrogens with one attached hydrogen (secondary N) is 1. The summed E-state index contributed by atoms with van der Waals surface area (Å²) in [7, 11) is 0. The molecule has 2 fully saturated rings. The number of thioether (sulfide) groups is 1. The monoisotopic (exact) mass is 456 g/mol. The van der Waals surface area contributed by atoms with E-state index in [-0.39, 0.29) is 44.2 Å². The van der Waals surface area contributed by atoms with Crippen LogP contribution < -0.4 is 11.1 Å². The highest BCUT2D eigenvalue weighted by Crippen LogP contribution is 2.41. The summed E-state index contributed by atoms with van der Waals surface area (Å²) in [5.74, 6) is 0.175. The molecule has 1 saturated carbocycles. The molecule has 2 heterocycles. The second-order valence-electron chi connectivity index (χ2n) is 8.05. The van der Waals surface area contributed by atoms with Gasteiger partial charge in [0.15, 0.2) is 16.8 Å². The zero-order chi connectivity index (χ0) is 22.6. The van der Waals surface area contributed by atoms with Gasteiger partial charge in [0.05, 0.1) is 30.1 Å². The molecular weight excluding hydrogens is 424 g/mol. The van der Waals surface area contributed by atoms with Crippen molar-refractivity contribution in [3.05, 3.63) is 5.69 Å². The van der Waals surface area contributed by atoms with Crippen LogP contribution in [-0.4, -0.2) is 76.8 Å². The van der Waals surface area contributed by atoms with Gasteiger partial charge in [-0.05, 0) is 33.6 Å². The number of aliphatic hydroxyl groups excluding tert-OH is 1. The van der Waals surface area contributed by atoms with Crippen molar-refractivity contribution >= 4 is 29.2 Å². The first-order valence-electron chi connectivity index (χ1n) is 10.5. The molecule has 3 rings (SSSR count). The second-order valence-corrected chi connectivity index (χ2v) is 9.11. The minimum atomic E-state index is -0.774. The number of rotatable bonds is 10. The second kappa shape index (κ2) is 10.3. The van der Waals surface area contributed by atoms with Gasteiger partial charge < -0.3 is 35.1 Å². The molecule has 31 heavy (non-hydrogen) atoms. The van der Waals surface area contributed by atoms with Crippen molar-refractivity contribution in [1.82, 2.24) is 9.97 Å². The van der Waals surface area contributed by atoms with Gasteiger partial charge in [0.2, 0.25) is 0 Å². The molecular formula is C20H32N4O6S. The van der Waals surface area contributed by atoms with Crippen LogP contribution in [0.3, 0.4) is 0 Å². The third-order valence-corrected chi connectivity index (χ3v) is 6.11. The molecule has 1 saturated heterocycles. The molecule has 0 bridgehead atoms. The topological polar surface area (TPSA) is 138 Å². The van der Waals surface area contributed by atoms with Crippen molar-refractivity contribution in [3.8, 4) is 0 Å². The van der Waals surface area contributed by atoms with Crippen LogP contribution in [0.25, 0.3) is 0 Å². The third-order valence-electron chi connectivity index (χ3n) is 5.06. The van der Waals surface area contributed by atoms with Gasteiger partial charge in [-0.3, -0.25) is 0 Å². The first-order valence-corrected chi connectivity index (χ1v) is 11.5. The van der Waals surface area contributed by atoms with E-state index in [1.807, 2.05) is 20.8 Å². The maximum absolute atomic E-state index is 11.8. The van der Waals surface area contributed by atoms with Gasteiger partial charge in [-0.1, -0.05) is 18.7 Å². The Bertz CT molecular complexity index is 780. The lowest BCUT2D eigenvalue weighted by atomic mass is 10.2. The highest BCUT2D eigenvalue weighted by atomic mass is 32.2. The summed E-state index contributed by atoms with van der Waals surface area (Å²) in [5, 5.41) is 12.9. The van der Waals surface area contributed by atoms with Gasteiger partial charge >= 0.3 is 5.97 Å². The Morgan fingerprint density at radius 3 is 2.81 bits per heavy atom. The van der Waals surface area contributed by atoms with Crippen LogP contribution in [0, 0.1) is 6.92 Å². The Kier molecular flexibility index (Phi) is 7.98. The molecule has 0 radical (unpaired) electrons. The number of esters is 1. The molecule has 11 heteroatoms. The van der Waals surface area contributed by atoms with E-state index in [1.54, 1.807) is 11.8 Å². The molecule has 1 aliphatic heterocycles. The van der Waals surface area contributed by atoms with Crippen molar-refractivity contribution in [2.45, 2.75) is 75.8 Å². The lowest BCUT2D eigenvalue weighted by molar-refractivity contribution is -0.172. The lowest BCUT2D eigenvalue weighted by Crippen LogP contribution is -2.35. The number of aromatic nitrogens is 2. The van der Waals surface area contributed by atoms with Crippen LogP contribution in [0.5, 0.6) is 0 Å². The number of hydrogen-bond acceptors (Lipinski definition) is 11. The zero-order valence-corrected chi connectivity index (χ0v) is 19.2. The van der Waals surface area contributed by atoms with Crippen molar-refractivity contribution in [3.63, 3.8) is 0 Å². The molecule has 2 aliphatic rings. The Balaban J connectivity index is 1.72. The van der Waals surface area contributed by atoms with Crippen LogP contribution in [-0.2, 0) is 23.7 Å². The number of fused-ring (bicyclic) bond motifs is 1. The summed E-state index contributed by atoms with van der Waals surface area (Å²) < 4.78 is 22.8. The maximum atomic E-state index is 11.8. The fraction of sp³-hybridized carbons (Fsp3) is 0.750. The maximum Gasteiger partial charge on any atom is 0.332 e. The van der Waals surface area contributed by atoms with Crippen molar-refractivity contribution in [2.24, 2.45) is 0 Å². The minimum absolute atomic E-state index is 0.0551. The van der Waals surface area contributed by atoms with Gasteiger partial charge in [-0.15, -0.1) is 0 Å². The van der Waals surface area contributed by atoms with Gasteiger partial charge in [0.25, 0.3) is 0 Å². The summed E-state index contributed by atoms with van der Waals surface area (Å²) in [6.07, 6.45) is 0.542. The summed E-state index contributed by atoms with van der Waals surface area (Å²) in [6, 6.07) is -0.175. The number of anilines is 2. The van der Waals surface area contributed by atoms with Gasteiger partial charge in [0.1, 0.15) is 25.4 Å². The Hall–Kier alpha value is -1.66. The van der Waals surface area contributed by atoms with E-state index in [9.17, 15) is 4.79 Å². The summed E-state index contributed by atoms with van der Waals surface area (Å²) in [5.41, 5.74) is 7.46. The molecule has 1 aromatic heterocycles. The number of ether oxygens (including phenoxy) is 4. The highest BCUT2D eigenvalue weighted by molar-refractivity contribution is 7.99. The van der Waals surface area contributed by atoms with Gasteiger partial charge in [-0.25, -0.2) is 14.8 Å². The number of hydrogen-bond donors (Lipinski definition) is 3. The van der Waals surface area contributed by atoms with E-state index in [4.69, 9.17) is 29.8 Å². The molecule has 0 unspecified atom stereocenters. The van der Waals surface area contributed by atoms with E-state index >= 15 is 0 Å². The Labute approximate surface area is 186 Å². The van der Waals surface area contributed by atoms with Crippen LogP contribution in [0.4, 0.5) is 11.5 Å². The number of nitrogen functional groups attached to an aromatic ring is 1. The quantitative estimate of drug-likeness (QED) is 0.268. The van der Waals surface area contributed by atoms with E-state index in [1.165, 1.54) is 0 Å². The average molecular weight is 457 g/mol. The first-order chi connectivity index (χ1) is 14.7. The van der Waals surface area contributed by atoms with Crippen LogP contribution >= 0.6 is 11.8 Å². The number of nitrogens with zero attached hydrogens (tertiary/aromatic N) is 2. The predicted molar refractivity (Wildman–Crippen MR) is 116 cm³/mol. The predicted octanol–water partition coefficient (Wildman–Crippen LogP) is 1.49. The van der Waals surface area contributed by atoms with E-state index in [0.29, 0.717) is 28.8 Å². The number of aliphatic hydroxyl groups is 1. The van der Waals surface area contributed by atoms with E-state index in [0.717, 1.165) is 12.2 Å². The molecule has 4 atom stereocenters. The lowest BCUT2D eigenvalue weighted by Gasteiger charge is -2.24. The number of carbonyl (C=O) groups is 1. The van der Waals surface area contributed by atoms with Crippen molar-refractivity contribution in [2.75, 3.05) is 36.6 Å². The smallest absolute Gasteiger partial charge is 0.332 e. The molecule has 1 aliphatic carbocycles. The highest BCUT2D eigenvalue weighted by Gasteiger charge is 2.55. The fourth-order valence-corrected chi connectivity index (χ4v) is 4.46. The van der Waals surface area contributed by atoms with E-state index < -0.39 is 11.8 Å². The van der Waals surface area contributed by atoms with Crippen LogP contribution in [0.2, 0.25) is 0 Å². The number of carbonyl (C=O) groups excluding carboxylic acids is 1. The Morgan fingerprint density at radius 1 is 1.35 bits per heavy atom. The first kappa shape index (κ1) is 24.0. The summed E-state index contributed by atoms with van der Waals surface area (Å²) >= 11 is 1.59. The molecule has 0 aromatic carbocycles. The third kappa shape index (κ3) is 5.98. The summed E-state index contributed by atoms with van der Waals surface area (Å²) in [4.78, 5) is 20.8. The van der Waals surface area contributed by atoms with Gasteiger partial charge in [0, 0.05) is 5.75 Å². The van der Waals surface area contributed by atoms with Crippen molar-refractivity contribution in [1.29, 1.82) is 0 Å². The number of aryl methyl sites for hydroxylation is 1. The largest absolute Gasteiger partial charge is 0.462 e. The number of nitrogens with two attached hydrogens (primary N) is 1. The van der Waals surface area contributed by atoms with Crippen LogP contribution in [0.1, 0.15) is 39.3 Å². The summed E-state index contributed by atoms with van der Waals surface area (Å²) in [6.45, 7) is 7.15. The zero-order valence-electron chi connectivity index (χ0n) is 18.4. The molecule has 10 nitrogen and oxygen atoms in total. The standard InChI is InChI=1S/C20H32N4O6S/c1-5-8-31-19-22-11(2)15(21)18(24-19)23-12-9-13(28-10-14(26)27-7-6-25)17-16(12)29-20(3,4)30-17/h12-13,16-17,25H,5-10,21H2,1-4H3,(H,22,23,24)/t12-,13+,16+,17-/m1/s1. The fourth-order valence-electron chi connectivity index (χ4n) is 3.71. The van der Waals surface area contributed by atoms with Crippen LogP contribution in [0.15, 0.2) is 5.16 Å². The Morgan fingerprint density at radius 2 is 2.10 bits per heavy atom. The molecule has 1 aromatic rings. The van der Waals surface area contributed by atoms with Crippen molar-refractivity contribution < 1.29 is 28.8 Å². The molecule has 0 spiro atoms. The molecule has 0 amide bonds.